The highest BCUT2D eigenvalue weighted by Crippen LogP contribution is 2.18. The molecule has 0 aliphatic carbocycles. The molecule has 1 fully saturated rings. The van der Waals surface area contributed by atoms with Crippen LogP contribution >= 0.6 is 0 Å². The Balaban J connectivity index is 1.19. The second kappa shape index (κ2) is 12.5. The van der Waals surface area contributed by atoms with Crippen LogP contribution < -0.4 is 16.0 Å². The van der Waals surface area contributed by atoms with Gasteiger partial charge in [0.15, 0.2) is 0 Å². The van der Waals surface area contributed by atoms with Crippen molar-refractivity contribution >= 4 is 28.7 Å². The third-order valence-corrected chi connectivity index (χ3v) is 6.69. The highest BCUT2D eigenvalue weighted by molar-refractivity contribution is 5.83. The van der Waals surface area contributed by atoms with Crippen LogP contribution in [0, 0.1) is 0 Å². The van der Waals surface area contributed by atoms with E-state index in [0.29, 0.717) is 24.4 Å². The van der Waals surface area contributed by atoms with E-state index in [1.165, 1.54) is 10.9 Å². The van der Waals surface area contributed by atoms with Gasteiger partial charge in [-0.15, -0.1) is 0 Å². The van der Waals surface area contributed by atoms with E-state index in [4.69, 9.17) is 0 Å². The molecule has 5 rings (SSSR count). The monoisotopic (exact) mass is 500 g/mol. The largest absolute Gasteiger partial charge is 0.361 e. The molecular weight excluding hydrogens is 464 g/mol. The van der Waals surface area contributed by atoms with Crippen molar-refractivity contribution in [2.45, 2.75) is 19.4 Å². The minimum atomic E-state index is 0.537. The van der Waals surface area contributed by atoms with Crippen LogP contribution in [0.5, 0.6) is 0 Å². The van der Waals surface area contributed by atoms with Crippen LogP contribution in [0.2, 0.25) is 0 Å². The number of H-pyrrole nitrogens is 1. The van der Waals surface area contributed by atoms with Crippen molar-refractivity contribution in [3.63, 3.8) is 0 Å². The molecule has 0 bridgehead atoms. The maximum Gasteiger partial charge on any atom is 0.229 e. The molecule has 0 saturated carbocycles. The number of fused-ring (bicyclic) bond motifs is 1. The molecule has 1 saturated heterocycles. The summed E-state index contributed by atoms with van der Waals surface area (Å²) in [5.41, 5.74) is 3.50. The van der Waals surface area contributed by atoms with Crippen LogP contribution in [0.4, 0.5) is 17.8 Å². The van der Waals surface area contributed by atoms with Crippen molar-refractivity contribution in [1.82, 2.24) is 34.7 Å². The number of para-hydroxylation sites is 1. The molecule has 0 atom stereocenters. The van der Waals surface area contributed by atoms with Crippen molar-refractivity contribution in [3.05, 3.63) is 66.1 Å². The predicted octanol–water partition coefficient (Wildman–Crippen LogP) is 3.06. The van der Waals surface area contributed by atoms with Gasteiger partial charge in [0.1, 0.15) is 0 Å². The second-order valence-electron chi connectivity index (χ2n) is 9.48. The number of hydrogen-bond acceptors (Lipinski definition) is 9. The number of nitrogens with zero attached hydrogens (tertiary/aromatic N) is 6. The molecule has 37 heavy (non-hydrogen) atoms. The summed E-state index contributed by atoms with van der Waals surface area (Å²) in [6, 6.07) is 12.3. The van der Waals surface area contributed by atoms with E-state index >= 15 is 0 Å². The van der Waals surface area contributed by atoms with Gasteiger partial charge < -0.3 is 30.7 Å². The lowest BCUT2D eigenvalue weighted by atomic mass is 10.1. The Kier molecular flexibility index (Phi) is 8.39. The SMILES string of the molecule is CN1CCN(CCCNc2nc(NCCc3c[nH]c4ccccc34)nc(NCc3cccnc3)n2)CC1. The number of benzene rings is 1. The van der Waals surface area contributed by atoms with Gasteiger partial charge >= 0.3 is 0 Å². The molecule has 0 unspecified atom stereocenters. The van der Waals surface area contributed by atoms with Crippen LogP contribution in [0.25, 0.3) is 10.9 Å². The fourth-order valence-corrected chi connectivity index (χ4v) is 4.52. The Morgan fingerprint density at radius 1 is 0.865 bits per heavy atom. The Morgan fingerprint density at radius 2 is 1.62 bits per heavy atom. The molecule has 0 amide bonds. The second-order valence-corrected chi connectivity index (χ2v) is 9.48. The average Bonchev–Trinajstić information content (AvgIpc) is 3.35. The van der Waals surface area contributed by atoms with Crippen molar-refractivity contribution in [2.75, 3.05) is 68.8 Å². The van der Waals surface area contributed by atoms with Gasteiger partial charge in [0, 0.05) is 75.3 Å². The van der Waals surface area contributed by atoms with E-state index in [1.54, 1.807) is 6.20 Å². The van der Waals surface area contributed by atoms with E-state index < -0.39 is 0 Å². The molecule has 10 nitrogen and oxygen atoms in total. The summed E-state index contributed by atoms with van der Waals surface area (Å²) in [7, 11) is 2.19. The fourth-order valence-electron chi connectivity index (χ4n) is 4.52. The van der Waals surface area contributed by atoms with E-state index in [2.05, 4.69) is 82.1 Å². The first-order chi connectivity index (χ1) is 18.2. The van der Waals surface area contributed by atoms with Crippen LogP contribution in [-0.4, -0.2) is 87.6 Å². The van der Waals surface area contributed by atoms with Gasteiger partial charge in [-0.1, -0.05) is 24.3 Å². The molecule has 0 spiro atoms. The van der Waals surface area contributed by atoms with Gasteiger partial charge in [0.05, 0.1) is 0 Å². The normalized spacial score (nSPS) is 14.6. The first-order valence-electron chi connectivity index (χ1n) is 13.1. The number of rotatable bonds is 12. The standard InChI is InChI=1S/C27H36N10/c1-36-14-16-37(17-15-36)13-5-11-29-25-33-26(35-27(34-25)32-19-21-6-4-10-28-18-21)30-12-9-22-20-31-24-8-3-2-7-23(22)24/h2-4,6-8,10,18,20,31H,5,9,11-17,19H2,1H3,(H3,29,30,32,33,34,35). The zero-order chi connectivity index (χ0) is 25.3. The van der Waals surface area contributed by atoms with E-state index in [0.717, 1.165) is 69.7 Å². The Bertz CT molecular complexity index is 1250. The summed E-state index contributed by atoms with van der Waals surface area (Å²) in [4.78, 5) is 26.3. The van der Waals surface area contributed by atoms with Crippen LogP contribution in [0.15, 0.2) is 55.0 Å². The fraction of sp³-hybridized carbons (Fsp3) is 0.407. The maximum absolute atomic E-state index is 4.64. The zero-order valence-electron chi connectivity index (χ0n) is 21.5. The third-order valence-electron chi connectivity index (χ3n) is 6.69. The van der Waals surface area contributed by atoms with Gasteiger partial charge in [-0.3, -0.25) is 4.98 Å². The number of piperazine rings is 1. The Labute approximate surface area is 217 Å². The maximum atomic E-state index is 4.64. The molecule has 4 heterocycles. The molecule has 3 aromatic heterocycles. The summed E-state index contributed by atoms with van der Waals surface area (Å²) in [5, 5.41) is 11.4. The van der Waals surface area contributed by atoms with Crippen LogP contribution in [0.3, 0.4) is 0 Å². The van der Waals surface area contributed by atoms with Gasteiger partial charge in [-0.2, -0.15) is 15.0 Å². The number of anilines is 3. The van der Waals surface area contributed by atoms with Crippen LogP contribution in [-0.2, 0) is 13.0 Å². The topological polar surface area (TPSA) is 110 Å². The molecule has 1 aromatic carbocycles. The van der Waals surface area contributed by atoms with Crippen molar-refractivity contribution in [2.24, 2.45) is 0 Å². The van der Waals surface area contributed by atoms with Crippen LogP contribution in [0.1, 0.15) is 17.5 Å². The molecule has 4 aromatic rings. The van der Waals surface area contributed by atoms with E-state index in [1.807, 2.05) is 24.4 Å². The summed E-state index contributed by atoms with van der Waals surface area (Å²) in [6.07, 6.45) is 7.59. The number of likely N-dealkylation sites (N-methyl/N-ethyl adjacent to an activating group) is 1. The number of pyridine rings is 1. The first-order valence-corrected chi connectivity index (χ1v) is 13.1. The quantitative estimate of drug-likeness (QED) is 0.218. The average molecular weight is 501 g/mol. The molecule has 1 aliphatic rings. The number of aromatic nitrogens is 5. The molecule has 10 heteroatoms. The van der Waals surface area contributed by atoms with Gasteiger partial charge in [-0.25, -0.2) is 0 Å². The lowest BCUT2D eigenvalue weighted by Gasteiger charge is -2.32. The lowest BCUT2D eigenvalue weighted by Crippen LogP contribution is -2.44. The smallest absolute Gasteiger partial charge is 0.229 e. The molecule has 4 N–H and O–H groups in total. The van der Waals surface area contributed by atoms with Gasteiger partial charge in [-0.05, 0) is 49.7 Å². The Morgan fingerprint density at radius 3 is 2.41 bits per heavy atom. The van der Waals surface area contributed by atoms with Gasteiger partial charge in [0.25, 0.3) is 0 Å². The molecule has 0 radical (unpaired) electrons. The van der Waals surface area contributed by atoms with E-state index in [-0.39, 0.29) is 0 Å². The summed E-state index contributed by atoms with van der Waals surface area (Å²) in [5.74, 6) is 1.68. The van der Waals surface area contributed by atoms with E-state index in [9.17, 15) is 0 Å². The third kappa shape index (κ3) is 7.14. The molecular formula is C27H36N10. The number of nitrogens with one attached hydrogen (secondary N) is 4. The predicted molar refractivity (Wildman–Crippen MR) is 149 cm³/mol. The number of hydrogen-bond donors (Lipinski definition) is 4. The minimum absolute atomic E-state index is 0.537. The zero-order valence-corrected chi connectivity index (χ0v) is 21.5. The highest BCUT2D eigenvalue weighted by Gasteiger charge is 2.13. The summed E-state index contributed by atoms with van der Waals surface area (Å²) in [6.45, 7) is 7.75. The molecule has 1 aliphatic heterocycles. The highest BCUT2D eigenvalue weighted by atomic mass is 15.3. The minimum Gasteiger partial charge on any atom is -0.361 e. The number of aromatic amines is 1. The Hall–Kier alpha value is -3.76. The summed E-state index contributed by atoms with van der Waals surface area (Å²) < 4.78 is 0. The van der Waals surface area contributed by atoms with Crippen molar-refractivity contribution < 1.29 is 0 Å². The first kappa shape index (κ1) is 24.9. The molecule has 194 valence electrons. The van der Waals surface area contributed by atoms with Crippen molar-refractivity contribution in [3.8, 4) is 0 Å². The van der Waals surface area contributed by atoms with Gasteiger partial charge in [0.2, 0.25) is 17.8 Å². The van der Waals surface area contributed by atoms with Crippen molar-refractivity contribution in [1.29, 1.82) is 0 Å². The summed E-state index contributed by atoms with van der Waals surface area (Å²) >= 11 is 0. The lowest BCUT2D eigenvalue weighted by molar-refractivity contribution is 0.154.